The lowest BCUT2D eigenvalue weighted by Gasteiger charge is -2.13. The highest BCUT2D eigenvalue weighted by molar-refractivity contribution is 5.74. The van der Waals surface area contributed by atoms with Crippen molar-refractivity contribution in [2.75, 3.05) is 20.1 Å². The molecule has 0 aromatic rings. The molecule has 0 bridgehead atoms. The van der Waals surface area contributed by atoms with E-state index in [1.807, 2.05) is 18.9 Å². The third-order valence-electron chi connectivity index (χ3n) is 3.60. The van der Waals surface area contributed by atoms with Gasteiger partial charge in [0.25, 0.3) is 0 Å². The summed E-state index contributed by atoms with van der Waals surface area (Å²) in [5.41, 5.74) is 0. The predicted molar refractivity (Wildman–Crippen MR) is 66.5 cm³/mol. The van der Waals surface area contributed by atoms with Crippen LogP contribution in [0.2, 0.25) is 0 Å². The van der Waals surface area contributed by atoms with Gasteiger partial charge < -0.3 is 15.5 Å². The molecule has 2 aliphatic rings. The molecule has 2 aliphatic heterocycles. The van der Waals surface area contributed by atoms with Gasteiger partial charge in [0.2, 0.25) is 0 Å². The summed E-state index contributed by atoms with van der Waals surface area (Å²) in [6.07, 6.45) is 2.82. The van der Waals surface area contributed by atoms with E-state index in [-0.39, 0.29) is 12.1 Å². The second kappa shape index (κ2) is 6.70. The fourth-order valence-electron chi connectivity index (χ4n) is 2.39. The predicted octanol–water partition coefficient (Wildman–Crippen LogP) is 0.234. The summed E-state index contributed by atoms with van der Waals surface area (Å²) >= 11 is 0. The van der Waals surface area contributed by atoms with Gasteiger partial charge in [0, 0.05) is 0 Å². The van der Waals surface area contributed by atoms with Gasteiger partial charge in [-0.15, -0.1) is 0 Å². The molecule has 6 nitrogen and oxygen atoms in total. The van der Waals surface area contributed by atoms with Crippen molar-refractivity contribution in [3.8, 4) is 0 Å². The minimum atomic E-state index is -0.722. The molecule has 3 N–H and O–H groups in total. The number of hydrogen-bond acceptors (Lipinski definition) is 4. The summed E-state index contributed by atoms with van der Waals surface area (Å²) < 4.78 is 0. The average Bonchev–Trinajstić information content (AvgIpc) is 2.87. The van der Waals surface area contributed by atoms with Crippen LogP contribution in [0.1, 0.15) is 26.2 Å². The molecular weight excluding hydrogens is 236 g/mol. The summed E-state index contributed by atoms with van der Waals surface area (Å²) in [5, 5.41) is 20.0. The second-order valence-electron chi connectivity index (χ2n) is 5.01. The Balaban J connectivity index is 0.000000180. The van der Waals surface area contributed by atoms with Crippen LogP contribution >= 0.6 is 0 Å². The topological polar surface area (TPSA) is 89.9 Å². The first kappa shape index (κ1) is 14.9. The van der Waals surface area contributed by atoms with E-state index < -0.39 is 11.9 Å². The maximum atomic E-state index is 10.4. The molecule has 2 saturated heterocycles. The molecule has 2 fully saturated rings. The third kappa shape index (κ3) is 3.96. The van der Waals surface area contributed by atoms with Crippen molar-refractivity contribution < 1.29 is 19.8 Å². The van der Waals surface area contributed by atoms with Crippen LogP contribution < -0.4 is 5.32 Å². The SMILES string of the molecule is CN1CCC[C@H]1C(=O)O.C[C@H]1CCN[C@@H]1C(=O)O. The van der Waals surface area contributed by atoms with Gasteiger partial charge in [-0.2, -0.15) is 0 Å². The van der Waals surface area contributed by atoms with Gasteiger partial charge in [-0.1, -0.05) is 6.92 Å². The lowest BCUT2D eigenvalue weighted by molar-refractivity contribution is -0.142. The van der Waals surface area contributed by atoms with Crippen molar-refractivity contribution in [2.45, 2.75) is 38.3 Å². The van der Waals surface area contributed by atoms with Crippen molar-refractivity contribution in [3.05, 3.63) is 0 Å². The van der Waals surface area contributed by atoms with Crippen LogP contribution in [0.4, 0.5) is 0 Å². The van der Waals surface area contributed by atoms with E-state index in [2.05, 4.69) is 5.32 Å². The Labute approximate surface area is 107 Å². The fourth-order valence-corrected chi connectivity index (χ4v) is 2.39. The molecule has 104 valence electrons. The van der Waals surface area contributed by atoms with Crippen LogP contribution in [0, 0.1) is 5.92 Å². The monoisotopic (exact) mass is 258 g/mol. The van der Waals surface area contributed by atoms with E-state index in [9.17, 15) is 9.59 Å². The molecular formula is C12H22N2O4. The first-order chi connectivity index (χ1) is 8.43. The number of nitrogens with zero attached hydrogens (tertiary/aromatic N) is 1. The Kier molecular flexibility index (Phi) is 5.55. The number of carboxylic acid groups (broad SMARTS) is 2. The number of rotatable bonds is 2. The molecule has 0 aliphatic carbocycles. The molecule has 2 rings (SSSR count). The number of hydrogen-bond donors (Lipinski definition) is 3. The molecule has 0 aromatic heterocycles. The highest BCUT2D eigenvalue weighted by atomic mass is 16.4. The van der Waals surface area contributed by atoms with Crippen LogP contribution in [0.3, 0.4) is 0 Å². The van der Waals surface area contributed by atoms with E-state index in [1.165, 1.54) is 0 Å². The standard InChI is InChI=1S/2C6H11NO2/c1-7-4-2-3-5(7)6(8)9;1-4-2-3-7-5(4)6(8)9/h5H,2-4H2,1H3,(H,8,9);4-5,7H,2-3H2,1H3,(H,8,9)/t5-;4-,5-/m00/s1. The van der Waals surface area contributed by atoms with Crippen molar-refractivity contribution in [1.29, 1.82) is 0 Å². The van der Waals surface area contributed by atoms with Crippen molar-refractivity contribution in [1.82, 2.24) is 10.2 Å². The van der Waals surface area contributed by atoms with Crippen LogP contribution in [-0.4, -0.2) is 59.3 Å². The fraction of sp³-hybridized carbons (Fsp3) is 0.833. The Hall–Kier alpha value is -1.14. The molecule has 0 aromatic carbocycles. The molecule has 0 radical (unpaired) electrons. The number of aliphatic carboxylic acids is 2. The highest BCUT2D eigenvalue weighted by Gasteiger charge is 2.28. The van der Waals surface area contributed by atoms with Gasteiger partial charge in [-0.05, 0) is 45.3 Å². The molecule has 2 heterocycles. The largest absolute Gasteiger partial charge is 0.480 e. The van der Waals surface area contributed by atoms with Crippen molar-refractivity contribution in [2.24, 2.45) is 5.92 Å². The third-order valence-corrected chi connectivity index (χ3v) is 3.60. The number of nitrogens with one attached hydrogen (secondary N) is 1. The number of likely N-dealkylation sites (tertiary alicyclic amines) is 1. The molecule has 0 unspecified atom stereocenters. The summed E-state index contributed by atoms with van der Waals surface area (Å²) in [5.74, 6) is -1.11. The van der Waals surface area contributed by atoms with Crippen LogP contribution in [0.5, 0.6) is 0 Å². The van der Waals surface area contributed by atoms with Gasteiger partial charge in [0.15, 0.2) is 0 Å². The minimum absolute atomic E-state index is 0.218. The van der Waals surface area contributed by atoms with Crippen LogP contribution in [0.15, 0.2) is 0 Å². The zero-order valence-corrected chi connectivity index (χ0v) is 10.9. The van der Waals surface area contributed by atoms with E-state index in [1.54, 1.807) is 0 Å². The summed E-state index contributed by atoms with van der Waals surface area (Å²) in [7, 11) is 1.85. The molecule has 6 heteroatoms. The lowest BCUT2D eigenvalue weighted by Crippen LogP contribution is -2.34. The Morgan fingerprint density at radius 3 is 2.11 bits per heavy atom. The number of carboxylic acids is 2. The Morgan fingerprint density at radius 1 is 1.22 bits per heavy atom. The van der Waals surface area contributed by atoms with Gasteiger partial charge in [-0.3, -0.25) is 14.5 Å². The van der Waals surface area contributed by atoms with Gasteiger partial charge in [0.1, 0.15) is 12.1 Å². The first-order valence-corrected chi connectivity index (χ1v) is 6.32. The molecule has 18 heavy (non-hydrogen) atoms. The molecule has 0 spiro atoms. The van der Waals surface area contributed by atoms with Gasteiger partial charge in [0.05, 0.1) is 0 Å². The van der Waals surface area contributed by atoms with E-state index in [0.717, 1.165) is 32.4 Å². The Morgan fingerprint density at radius 2 is 1.89 bits per heavy atom. The maximum Gasteiger partial charge on any atom is 0.320 e. The second-order valence-corrected chi connectivity index (χ2v) is 5.01. The average molecular weight is 258 g/mol. The molecule has 0 saturated carbocycles. The smallest absolute Gasteiger partial charge is 0.320 e. The normalized spacial score (nSPS) is 31.8. The summed E-state index contributed by atoms with van der Waals surface area (Å²) in [6, 6.07) is -0.519. The summed E-state index contributed by atoms with van der Waals surface area (Å²) in [4.78, 5) is 22.6. The Bertz CT molecular complexity index is 278. The zero-order valence-electron chi connectivity index (χ0n) is 10.9. The van der Waals surface area contributed by atoms with Gasteiger partial charge >= 0.3 is 11.9 Å². The van der Waals surface area contributed by atoms with Gasteiger partial charge in [-0.25, -0.2) is 0 Å². The number of likely N-dealkylation sites (N-methyl/N-ethyl adjacent to an activating group) is 1. The first-order valence-electron chi connectivity index (χ1n) is 6.32. The molecule has 3 atom stereocenters. The summed E-state index contributed by atoms with van der Waals surface area (Å²) in [6.45, 7) is 3.73. The minimum Gasteiger partial charge on any atom is -0.480 e. The van der Waals surface area contributed by atoms with E-state index in [0.29, 0.717) is 5.92 Å². The van der Waals surface area contributed by atoms with E-state index >= 15 is 0 Å². The van der Waals surface area contributed by atoms with Crippen LogP contribution in [0.25, 0.3) is 0 Å². The zero-order chi connectivity index (χ0) is 13.7. The van der Waals surface area contributed by atoms with Crippen molar-refractivity contribution >= 4 is 11.9 Å². The number of carbonyl (C=O) groups is 2. The van der Waals surface area contributed by atoms with E-state index in [4.69, 9.17) is 10.2 Å². The highest BCUT2D eigenvalue weighted by Crippen LogP contribution is 2.14. The molecule has 0 amide bonds. The van der Waals surface area contributed by atoms with Crippen molar-refractivity contribution in [3.63, 3.8) is 0 Å². The maximum absolute atomic E-state index is 10.4. The van der Waals surface area contributed by atoms with Crippen LogP contribution in [-0.2, 0) is 9.59 Å². The lowest BCUT2D eigenvalue weighted by atomic mass is 10.0. The quantitative estimate of drug-likeness (QED) is 0.657.